The lowest BCUT2D eigenvalue weighted by Gasteiger charge is -1.98. The highest BCUT2D eigenvalue weighted by atomic mass is 35.5. The summed E-state index contributed by atoms with van der Waals surface area (Å²) in [5.41, 5.74) is 1.44. The van der Waals surface area contributed by atoms with Crippen molar-refractivity contribution in [1.29, 1.82) is 0 Å². The number of aromatic nitrogens is 3. The van der Waals surface area contributed by atoms with E-state index in [0.29, 0.717) is 15.7 Å². The summed E-state index contributed by atoms with van der Waals surface area (Å²) in [6, 6.07) is 1.60. The Morgan fingerprint density at radius 1 is 1.46 bits per heavy atom. The molecular formula is C8H7Cl2N3. The molecular weight excluding hydrogens is 209 g/mol. The summed E-state index contributed by atoms with van der Waals surface area (Å²) in [7, 11) is 0. The highest BCUT2D eigenvalue weighted by molar-refractivity contribution is 6.37. The third-order valence-electron chi connectivity index (χ3n) is 1.84. The van der Waals surface area contributed by atoms with Gasteiger partial charge in [0.1, 0.15) is 10.7 Å². The number of fused-ring (bicyclic) bond motifs is 1. The van der Waals surface area contributed by atoms with Gasteiger partial charge in [0.2, 0.25) is 0 Å². The second-order valence-corrected chi connectivity index (χ2v) is 3.42. The van der Waals surface area contributed by atoms with Gasteiger partial charge in [0.05, 0.1) is 11.3 Å². The molecule has 0 aliphatic heterocycles. The van der Waals surface area contributed by atoms with Crippen molar-refractivity contribution in [2.45, 2.75) is 13.5 Å². The van der Waals surface area contributed by atoms with Gasteiger partial charge in [-0.25, -0.2) is 9.97 Å². The van der Waals surface area contributed by atoms with E-state index in [1.54, 1.807) is 12.4 Å². The Morgan fingerprint density at radius 3 is 2.92 bits per heavy atom. The summed E-state index contributed by atoms with van der Waals surface area (Å²) in [5.74, 6) is 0. The average Bonchev–Trinajstić information content (AvgIpc) is 2.47. The highest BCUT2D eigenvalue weighted by Crippen LogP contribution is 2.23. The van der Waals surface area contributed by atoms with Gasteiger partial charge in [-0.15, -0.1) is 0 Å². The largest absolute Gasteiger partial charge is 0.316 e. The Balaban J connectivity index is 2.82. The zero-order valence-corrected chi connectivity index (χ0v) is 8.47. The molecule has 5 heteroatoms. The van der Waals surface area contributed by atoms with Crippen LogP contribution >= 0.6 is 23.2 Å². The number of aryl methyl sites for hydroxylation is 1. The molecule has 0 saturated heterocycles. The van der Waals surface area contributed by atoms with Crippen molar-refractivity contribution in [2.24, 2.45) is 0 Å². The topological polar surface area (TPSA) is 30.7 Å². The van der Waals surface area contributed by atoms with Crippen LogP contribution in [0.3, 0.4) is 0 Å². The van der Waals surface area contributed by atoms with E-state index in [4.69, 9.17) is 23.2 Å². The van der Waals surface area contributed by atoms with E-state index in [0.717, 1.165) is 12.2 Å². The van der Waals surface area contributed by atoms with Crippen LogP contribution in [0.4, 0.5) is 0 Å². The predicted molar refractivity (Wildman–Crippen MR) is 53.2 cm³/mol. The van der Waals surface area contributed by atoms with E-state index >= 15 is 0 Å². The van der Waals surface area contributed by atoms with Crippen LogP contribution in [0, 0.1) is 0 Å². The third-order valence-corrected chi connectivity index (χ3v) is 2.32. The van der Waals surface area contributed by atoms with Crippen molar-refractivity contribution in [2.75, 3.05) is 0 Å². The van der Waals surface area contributed by atoms with Crippen LogP contribution in [0.2, 0.25) is 10.2 Å². The van der Waals surface area contributed by atoms with Gasteiger partial charge in [-0.3, -0.25) is 0 Å². The van der Waals surface area contributed by atoms with Crippen molar-refractivity contribution in [3.63, 3.8) is 0 Å². The molecule has 0 bridgehead atoms. The second-order valence-electron chi connectivity index (χ2n) is 2.63. The van der Waals surface area contributed by atoms with Crippen molar-refractivity contribution in [1.82, 2.24) is 14.5 Å². The maximum absolute atomic E-state index is 5.93. The first-order chi connectivity index (χ1) is 6.22. The smallest absolute Gasteiger partial charge is 0.163 e. The summed E-state index contributed by atoms with van der Waals surface area (Å²) in [6.45, 7) is 2.82. The van der Waals surface area contributed by atoms with E-state index < -0.39 is 0 Å². The van der Waals surface area contributed by atoms with E-state index in [-0.39, 0.29) is 0 Å². The van der Waals surface area contributed by atoms with Crippen LogP contribution in [0.5, 0.6) is 0 Å². The molecule has 0 unspecified atom stereocenters. The molecule has 2 aromatic rings. The van der Waals surface area contributed by atoms with Crippen LogP contribution in [-0.4, -0.2) is 14.5 Å². The zero-order valence-electron chi connectivity index (χ0n) is 6.96. The molecule has 0 saturated carbocycles. The summed E-state index contributed by atoms with van der Waals surface area (Å²) in [4.78, 5) is 8.29. The van der Waals surface area contributed by atoms with Gasteiger partial charge in [0.15, 0.2) is 5.65 Å². The number of pyridine rings is 1. The van der Waals surface area contributed by atoms with Crippen LogP contribution in [0.25, 0.3) is 11.2 Å². The minimum absolute atomic E-state index is 0.396. The Labute approximate surface area is 85.3 Å². The first-order valence-corrected chi connectivity index (χ1v) is 4.65. The molecule has 2 rings (SSSR count). The molecule has 0 aliphatic carbocycles. The lowest BCUT2D eigenvalue weighted by Crippen LogP contribution is -1.93. The van der Waals surface area contributed by atoms with Gasteiger partial charge in [-0.1, -0.05) is 23.2 Å². The fraction of sp³-hybridized carbons (Fsp3) is 0.250. The Morgan fingerprint density at radius 2 is 2.23 bits per heavy atom. The number of hydrogen-bond acceptors (Lipinski definition) is 2. The van der Waals surface area contributed by atoms with Gasteiger partial charge >= 0.3 is 0 Å². The summed E-state index contributed by atoms with van der Waals surface area (Å²) in [6.07, 6.45) is 1.71. The summed E-state index contributed by atoms with van der Waals surface area (Å²) < 4.78 is 1.90. The van der Waals surface area contributed by atoms with Crippen molar-refractivity contribution >= 4 is 34.4 Å². The first-order valence-electron chi connectivity index (χ1n) is 3.89. The van der Waals surface area contributed by atoms with Crippen LogP contribution in [-0.2, 0) is 6.54 Å². The maximum atomic E-state index is 5.93. The monoisotopic (exact) mass is 215 g/mol. The molecule has 0 aromatic carbocycles. The standard InChI is InChI=1S/C8H7Cl2N3/c1-2-13-4-11-7-5(9)3-6(10)12-8(7)13/h3-4H,2H2,1H3. The molecule has 0 fully saturated rings. The molecule has 0 atom stereocenters. The molecule has 0 spiro atoms. The van der Waals surface area contributed by atoms with Crippen LogP contribution in [0.15, 0.2) is 12.4 Å². The van der Waals surface area contributed by atoms with Crippen LogP contribution < -0.4 is 0 Å². The Hall–Kier alpha value is -0.800. The SMILES string of the molecule is CCn1cnc2c(Cl)cc(Cl)nc21. The highest BCUT2D eigenvalue weighted by Gasteiger charge is 2.07. The van der Waals surface area contributed by atoms with Gasteiger partial charge in [0, 0.05) is 6.54 Å². The average molecular weight is 216 g/mol. The van der Waals surface area contributed by atoms with Crippen LogP contribution in [0.1, 0.15) is 6.92 Å². The van der Waals surface area contributed by atoms with E-state index in [1.165, 1.54) is 0 Å². The fourth-order valence-electron chi connectivity index (χ4n) is 1.20. The van der Waals surface area contributed by atoms with Gasteiger partial charge in [0.25, 0.3) is 0 Å². The molecule has 2 aromatic heterocycles. The van der Waals surface area contributed by atoms with Gasteiger partial charge in [-0.2, -0.15) is 0 Å². The summed E-state index contributed by atoms with van der Waals surface area (Å²) in [5, 5.41) is 0.940. The Bertz CT molecular complexity index is 450. The molecule has 13 heavy (non-hydrogen) atoms. The normalized spacial score (nSPS) is 11.0. The molecule has 68 valence electrons. The molecule has 0 amide bonds. The van der Waals surface area contributed by atoms with E-state index in [9.17, 15) is 0 Å². The quantitative estimate of drug-likeness (QED) is 0.686. The number of nitrogens with zero attached hydrogens (tertiary/aromatic N) is 3. The lowest BCUT2D eigenvalue weighted by molar-refractivity contribution is 0.778. The molecule has 2 heterocycles. The predicted octanol–water partition coefficient (Wildman–Crippen LogP) is 2.76. The number of imidazole rings is 1. The van der Waals surface area contributed by atoms with Gasteiger partial charge in [-0.05, 0) is 13.0 Å². The number of rotatable bonds is 1. The zero-order chi connectivity index (χ0) is 9.42. The molecule has 3 nitrogen and oxygen atoms in total. The Kier molecular flexibility index (Phi) is 2.14. The van der Waals surface area contributed by atoms with Gasteiger partial charge < -0.3 is 4.57 Å². The maximum Gasteiger partial charge on any atom is 0.163 e. The molecule has 0 radical (unpaired) electrons. The number of hydrogen-bond donors (Lipinski definition) is 0. The number of halogens is 2. The van der Waals surface area contributed by atoms with Crippen molar-refractivity contribution < 1.29 is 0 Å². The third kappa shape index (κ3) is 1.38. The van der Waals surface area contributed by atoms with E-state index in [1.807, 2.05) is 11.5 Å². The molecule has 0 aliphatic rings. The van der Waals surface area contributed by atoms with Crippen molar-refractivity contribution in [3.8, 4) is 0 Å². The molecule has 0 N–H and O–H groups in total. The first kappa shape index (κ1) is 8.78. The second kappa shape index (κ2) is 3.16. The fourth-order valence-corrected chi connectivity index (χ4v) is 1.68. The van der Waals surface area contributed by atoms with E-state index in [2.05, 4.69) is 9.97 Å². The minimum atomic E-state index is 0.396. The lowest BCUT2D eigenvalue weighted by atomic mass is 10.4. The minimum Gasteiger partial charge on any atom is -0.316 e. The summed E-state index contributed by atoms with van der Waals surface area (Å²) >= 11 is 11.7. The van der Waals surface area contributed by atoms with Crippen molar-refractivity contribution in [3.05, 3.63) is 22.6 Å².